The largest absolute Gasteiger partial charge is 0.437 e. The molecule has 1 aromatic carbocycles. The first kappa shape index (κ1) is 15.4. The monoisotopic (exact) mass is 318 g/mol. The van der Waals surface area contributed by atoms with Crippen LogP contribution < -0.4 is 4.74 Å². The minimum absolute atomic E-state index is 0.0341. The van der Waals surface area contributed by atoms with E-state index in [0.29, 0.717) is 23.4 Å². The molecule has 1 aliphatic rings. The lowest BCUT2D eigenvalue weighted by Crippen LogP contribution is -2.05. The molecule has 0 fully saturated rings. The number of allylic oxidation sites excluding steroid dienone is 3. The zero-order valence-electron chi connectivity index (χ0n) is 12.5. The van der Waals surface area contributed by atoms with Gasteiger partial charge in [0.1, 0.15) is 17.6 Å². The fraction of sp³-hybridized carbons (Fsp3) is 0.111. The highest BCUT2D eigenvalue weighted by Gasteiger charge is 2.14. The van der Waals surface area contributed by atoms with Gasteiger partial charge in [0.25, 0.3) is 5.88 Å². The predicted molar refractivity (Wildman–Crippen MR) is 83.7 cm³/mol. The fourth-order valence-corrected chi connectivity index (χ4v) is 2.19. The Balaban J connectivity index is 1.92. The molecule has 0 N–H and O–H groups in total. The molecule has 5 nitrogen and oxygen atoms in total. The van der Waals surface area contributed by atoms with Crippen LogP contribution in [0.1, 0.15) is 12.1 Å². The first-order valence-electron chi connectivity index (χ1n) is 7.18. The summed E-state index contributed by atoms with van der Waals surface area (Å²) in [7, 11) is 0. The summed E-state index contributed by atoms with van der Waals surface area (Å²) >= 11 is 0. The Labute approximate surface area is 138 Å². The molecule has 2 aromatic rings. The van der Waals surface area contributed by atoms with Crippen molar-refractivity contribution in [1.29, 1.82) is 10.5 Å². The summed E-state index contributed by atoms with van der Waals surface area (Å²) in [6.45, 7) is 0. The summed E-state index contributed by atoms with van der Waals surface area (Å²) in [6.07, 6.45) is 7.07. The van der Waals surface area contributed by atoms with Gasteiger partial charge in [-0.25, -0.2) is 14.4 Å². The maximum Gasteiger partial charge on any atom is 0.257 e. The summed E-state index contributed by atoms with van der Waals surface area (Å²) in [5.41, 5.74) is 0.972. The Bertz CT molecular complexity index is 921. The van der Waals surface area contributed by atoms with Crippen molar-refractivity contribution in [2.75, 3.05) is 0 Å². The molecular weight excluding hydrogens is 307 g/mol. The molecule has 0 saturated carbocycles. The molecule has 0 spiro atoms. The van der Waals surface area contributed by atoms with E-state index in [0.717, 1.165) is 0 Å². The van der Waals surface area contributed by atoms with Crippen LogP contribution in [0.2, 0.25) is 0 Å². The first-order valence-corrected chi connectivity index (χ1v) is 7.18. The normalized spacial score (nSPS) is 16.0. The van der Waals surface area contributed by atoms with E-state index in [2.05, 4.69) is 16.0 Å². The van der Waals surface area contributed by atoms with Crippen LogP contribution in [0.25, 0.3) is 11.3 Å². The highest BCUT2D eigenvalue weighted by Crippen LogP contribution is 2.24. The number of hydrogen-bond acceptors (Lipinski definition) is 5. The van der Waals surface area contributed by atoms with Crippen molar-refractivity contribution in [2.45, 2.75) is 6.42 Å². The van der Waals surface area contributed by atoms with Crippen molar-refractivity contribution in [2.24, 2.45) is 5.92 Å². The third-order valence-corrected chi connectivity index (χ3v) is 3.41. The first-order chi connectivity index (χ1) is 11.7. The van der Waals surface area contributed by atoms with Gasteiger partial charge in [0.2, 0.25) is 5.69 Å². The van der Waals surface area contributed by atoms with Gasteiger partial charge >= 0.3 is 0 Å². The van der Waals surface area contributed by atoms with Crippen LogP contribution in [0.5, 0.6) is 5.88 Å². The van der Waals surface area contributed by atoms with E-state index < -0.39 is 0 Å². The second-order valence-electron chi connectivity index (χ2n) is 5.07. The molecule has 6 heteroatoms. The Morgan fingerprint density at radius 3 is 2.83 bits per heavy atom. The van der Waals surface area contributed by atoms with E-state index in [4.69, 9.17) is 15.3 Å². The van der Waals surface area contributed by atoms with E-state index in [1.165, 1.54) is 18.3 Å². The molecule has 1 aliphatic carbocycles. The summed E-state index contributed by atoms with van der Waals surface area (Å²) in [6, 6.07) is 9.99. The van der Waals surface area contributed by atoms with Crippen molar-refractivity contribution in [3.8, 4) is 29.3 Å². The average molecular weight is 318 g/mol. The summed E-state index contributed by atoms with van der Waals surface area (Å²) in [5.74, 6) is -0.0339. The summed E-state index contributed by atoms with van der Waals surface area (Å²) in [5, 5.41) is 18.0. The Kier molecular flexibility index (Phi) is 4.31. The lowest BCUT2D eigenvalue weighted by Gasteiger charge is -2.12. The molecular formula is C18H11FN4O. The highest BCUT2D eigenvalue weighted by atomic mass is 19.1. The van der Waals surface area contributed by atoms with E-state index in [1.54, 1.807) is 30.4 Å². The molecule has 24 heavy (non-hydrogen) atoms. The van der Waals surface area contributed by atoms with Crippen LogP contribution in [0.15, 0.2) is 54.4 Å². The maximum absolute atomic E-state index is 13.4. The van der Waals surface area contributed by atoms with E-state index in [1.807, 2.05) is 6.07 Å². The van der Waals surface area contributed by atoms with Crippen LogP contribution in [0, 0.1) is 34.4 Å². The number of nitrogens with zero attached hydrogens (tertiary/aromatic N) is 4. The van der Waals surface area contributed by atoms with Crippen LogP contribution in [0.4, 0.5) is 4.39 Å². The van der Waals surface area contributed by atoms with Crippen molar-refractivity contribution in [3.63, 3.8) is 0 Å². The predicted octanol–water partition coefficient (Wildman–Crippen LogP) is 3.52. The topological polar surface area (TPSA) is 82.6 Å². The quantitative estimate of drug-likeness (QED) is 0.864. The maximum atomic E-state index is 13.4. The van der Waals surface area contributed by atoms with E-state index in [-0.39, 0.29) is 23.3 Å². The SMILES string of the molecule is N#Cc1ncc(-c2cccc(F)c2)nc1OC1=CCC(C#N)C=C1. The number of hydrogen-bond donors (Lipinski definition) is 0. The number of halogens is 1. The van der Waals surface area contributed by atoms with Crippen molar-refractivity contribution >= 4 is 0 Å². The van der Waals surface area contributed by atoms with Crippen LogP contribution in [-0.2, 0) is 0 Å². The number of rotatable bonds is 3. The molecule has 0 aliphatic heterocycles. The minimum Gasteiger partial charge on any atom is -0.437 e. The van der Waals surface area contributed by atoms with E-state index >= 15 is 0 Å². The molecule has 1 unspecified atom stereocenters. The van der Waals surface area contributed by atoms with Gasteiger partial charge in [-0.15, -0.1) is 0 Å². The molecule has 116 valence electrons. The molecule has 3 rings (SSSR count). The van der Waals surface area contributed by atoms with Crippen LogP contribution in [-0.4, -0.2) is 9.97 Å². The average Bonchev–Trinajstić information content (AvgIpc) is 2.62. The number of ether oxygens (including phenoxy) is 1. The Hall–Kier alpha value is -3.51. The highest BCUT2D eigenvalue weighted by molar-refractivity contribution is 5.59. The fourth-order valence-electron chi connectivity index (χ4n) is 2.19. The lowest BCUT2D eigenvalue weighted by atomic mass is 10.0. The van der Waals surface area contributed by atoms with Gasteiger partial charge in [0.15, 0.2) is 0 Å². The molecule has 0 amide bonds. The number of aromatic nitrogens is 2. The lowest BCUT2D eigenvalue weighted by molar-refractivity contribution is 0.416. The van der Waals surface area contributed by atoms with Crippen molar-refractivity contribution < 1.29 is 9.13 Å². The van der Waals surface area contributed by atoms with Gasteiger partial charge in [-0.2, -0.15) is 10.5 Å². The molecule has 0 saturated heterocycles. The zero-order valence-corrected chi connectivity index (χ0v) is 12.5. The van der Waals surface area contributed by atoms with Gasteiger partial charge in [0, 0.05) is 5.56 Å². The zero-order chi connectivity index (χ0) is 16.9. The Morgan fingerprint density at radius 2 is 2.17 bits per heavy atom. The Morgan fingerprint density at radius 1 is 1.29 bits per heavy atom. The second-order valence-corrected chi connectivity index (χ2v) is 5.07. The van der Waals surface area contributed by atoms with Crippen LogP contribution >= 0.6 is 0 Å². The van der Waals surface area contributed by atoms with Gasteiger partial charge in [-0.1, -0.05) is 18.2 Å². The molecule has 1 aromatic heterocycles. The third kappa shape index (κ3) is 3.29. The smallest absolute Gasteiger partial charge is 0.257 e. The molecule has 0 bridgehead atoms. The van der Waals surface area contributed by atoms with Gasteiger partial charge in [0.05, 0.1) is 23.9 Å². The summed E-state index contributed by atoms with van der Waals surface area (Å²) < 4.78 is 19.0. The number of benzene rings is 1. The van der Waals surface area contributed by atoms with Crippen LogP contribution in [0.3, 0.4) is 0 Å². The third-order valence-electron chi connectivity index (χ3n) is 3.41. The minimum atomic E-state index is -0.387. The van der Waals surface area contributed by atoms with E-state index in [9.17, 15) is 4.39 Å². The second kappa shape index (κ2) is 6.72. The van der Waals surface area contributed by atoms with Crippen molar-refractivity contribution in [3.05, 3.63) is 66.0 Å². The molecule has 0 radical (unpaired) electrons. The summed E-state index contributed by atoms with van der Waals surface area (Å²) in [4.78, 5) is 8.30. The molecule has 1 heterocycles. The molecule has 1 atom stereocenters. The van der Waals surface area contributed by atoms with Gasteiger partial charge in [-0.05, 0) is 30.7 Å². The van der Waals surface area contributed by atoms with Crippen molar-refractivity contribution in [1.82, 2.24) is 9.97 Å². The standard InChI is InChI=1S/C18H11FN4O/c19-14-3-1-2-13(8-14)17-11-22-16(10-21)18(23-17)24-15-6-4-12(9-20)5-7-15/h1-4,6-8,11-12H,5H2. The number of nitriles is 2. The van der Waals surface area contributed by atoms with Gasteiger partial charge in [-0.3, -0.25) is 0 Å². The van der Waals surface area contributed by atoms with Gasteiger partial charge < -0.3 is 4.74 Å².